The number of pyridine rings is 1. The van der Waals surface area contributed by atoms with E-state index in [-0.39, 0.29) is 37.5 Å². The van der Waals surface area contributed by atoms with E-state index in [9.17, 15) is 18.5 Å². The lowest BCUT2D eigenvalue weighted by Crippen LogP contribution is -2.35. The van der Waals surface area contributed by atoms with Crippen LogP contribution < -0.4 is 24.8 Å². The molecule has 50 heavy (non-hydrogen) atoms. The third kappa shape index (κ3) is 8.75. The molecule has 1 aliphatic rings. The summed E-state index contributed by atoms with van der Waals surface area (Å²) in [5.41, 5.74) is -0.290. The van der Waals surface area contributed by atoms with Crippen molar-refractivity contribution < 1.29 is 46.2 Å². The summed E-state index contributed by atoms with van der Waals surface area (Å²) in [5.74, 6) is -1.28. The van der Waals surface area contributed by atoms with Crippen LogP contribution in [0.1, 0.15) is 26.7 Å². The fourth-order valence-electron chi connectivity index (χ4n) is 5.18. The van der Waals surface area contributed by atoms with Gasteiger partial charge in [0.1, 0.15) is 29.9 Å². The molecule has 0 saturated heterocycles. The zero-order chi connectivity index (χ0) is 35.9. The summed E-state index contributed by atoms with van der Waals surface area (Å²) in [7, 11) is 0.0265. The number of hydrogen-bond donors (Lipinski definition) is 2. The first-order valence-corrected chi connectivity index (χ1v) is 17.7. The van der Waals surface area contributed by atoms with Crippen molar-refractivity contribution in [3.05, 3.63) is 78.5 Å². The lowest BCUT2D eigenvalue weighted by molar-refractivity contribution is -0.131. The van der Waals surface area contributed by atoms with Crippen LogP contribution >= 0.6 is 7.60 Å². The van der Waals surface area contributed by atoms with Crippen molar-refractivity contribution in [3.63, 3.8) is 0 Å². The average Bonchev–Trinajstić information content (AvgIpc) is 3.89. The predicted octanol–water partition coefficient (Wildman–Crippen LogP) is 7.21. The number of benzene rings is 3. The maximum Gasteiger partial charge on any atom is 0.344 e. The number of likely N-dealkylation sites (N-methyl/N-ethyl adjacent to an activating group) is 1. The highest BCUT2D eigenvalue weighted by molar-refractivity contribution is 7.53. The van der Waals surface area contributed by atoms with Gasteiger partial charge in [-0.2, -0.15) is 0 Å². The zero-order valence-electron chi connectivity index (χ0n) is 28.2. The molecule has 0 spiro atoms. The molecule has 1 saturated carbocycles. The molecule has 0 unspecified atom stereocenters. The first-order chi connectivity index (χ1) is 24.0. The van der Waals surface area contributed by atoms with Gasteiger partial charge >= 0.3 is 7.60 Å². The summed E-state index contributed by atoms with van der Waals surface area (Å²) in [6.45, 7) is 4.72. The molecule has 2 N–H and O–H groups in total. The Balaban J connectivity index is 1.23. The number of methoxy groups -OCH3 is 1. The molecule has 1 aliphatic carbocycles. The number of fused-ring (bicyclic) bond motifs is 1. The van der Waals surface area contributed by atoms with E-state index in [1.54, 1.807) is 44.0 Å². The molecule has 0 aliphatic heterocycles. The second-order valence-corrected chi connectivity index (χ2v) is 13.6. The van der Waals surface area contributed by atoms with Gasteiger partial charge in [-0.1, -0.05) is 0 Å². The van der Waals surface area contributed by atoms with Crippen molar-refractivity contribution >= 4 is 41.7 Å². The van der Waals surface area contributed by atoms with Crippen LogP contribution in [-0.4, -0.2) is 68.5 Å². The highest BCUT2D eigenvalue weighted by Crippen LogP contribution is 2.49. The van der Waals surface area contributed by atoms with E-state index in [4.69, 9.17) is 23.3 Å². The van der Waals surface area contributed by atoms with E-state index in [0.717, 1.165) is 6.07 Å². The second-order valence-electron chi connectivity index (χ2n) is 11.6. The molecule has 0 atom stereocenters. The number of anilines is 2. The van der Waals surface area contributed by atoms with Gasteiger partial charge in [-0.05, 0) is 82.3 Å². The van der Waals surface area contributed by atoms with Gasteiger partial charge in [-0.15, -0.1) is 0 Å². The molecule has 4 aromatic rings. The molecule has 3 aromatic carbocycles. The molecule has 0 bridgehead atoms. The van der Waals surface area contributed by atoms with Crippen molar-refractivity contribution in [2.45, 2.75) is 26.7 Å². The highest BCUT2D eigenvalue weighted by Gasteiger charge is 2.56. The number of carbonyl (C=O) groups is 2. The van der Waals surface area contributed by atoms with E-state index in [1.807, 2.05) is 0 Å². The van der Waals surface area contributed by atoms with Crippen LogP contribution in [-0.2, 0) is 23.2 Å². The van der Waals surface area contributed by atoms with Gasteiger partial charge in [0.05, 0.1) is 25.8 Å². The van der Waals surface area contributed by atoms with E-state index >= 15 is 4.39 Å². The third-order valence-electron chi connectivity index (χ3n) is 7.91. The maximum atomic E-state index is 15.3. The van der Waals surface area contributed by atoms with Crippen molar-refractivity contribution in [2.24, 2.45) is 5.41 Å². The second kappa shape index (κ2) is 15.9. The first-order valence-electron chi connectivity index (χ1n) is 16.0. The van der Waals surface area contributed by atoms with Gasteiger partial charge in [0, 0.05) is 41.6 Å². The van der Waals surface area contributed by atoms with Crippen molar-refractivity contribution in [2.75, 3.05) is 57.4 Å². The summed E-state index contributed by atoms with van der Waals surface area (Å²) in [4.78, 5) is 32.1. The Morgan fingerprint density at radius 2 is 1.54 bits per heavy atom. The fraction of sp³-hybridized carbons (Fsp3) is 0.343. The van der Waals surface area contributed by atoms with E-state index < -0.39 is 36.5 Å². The van der Waals surface area contributed by atoms with Gasteiger partial charge < -0.3 is 33.9 Å². The molecule has 5 rings (SSSR count). The van der Waals surface area contributed by atoms with Crippen molar-refractivity contribution in [1.82, 2.24) is 9.88 Å². The molecule has 266 valence electrons. The van der Waals surface area contributed by atoms with Crippen LogP contribution in [0, 0.1) is 17.0 Å². The SMILES string of the molecule is CCOP(=O)(CN(C)CCOc1cc2nccc(Oc3ccc(NC(=O)C4(C(=O)Nc5ccc(F)cc5)CC4)cc3F)c2cc1OC)OCC. The van der Waals surface area contributed by atoms with Gasteiger partial charge in [0.15, 0.2) is 23.1 Å². The predicted molar refractivity (Wildman–Crippen MR) is 184 cm³/mol. The minimum Gasteiger partial charge on any atom is -0.493 e. The van der Waals surface area contributed by atoms with Crippen LogP contribution in [0.2, 0.25) is 0 Å². The highest BCUT2D eigenvalue weighted by atomic mass is 31.2. The molecule has 1 heterocycles. The van der Waals surface area contributed by atoms with Crippen molar-refractivity contribution in [1.29, 1.82) is 0 Å². The fourth-order valence-corrected chi connectivity index (χ4v) is 6.93. The molecule has 2 amide bonds. The van der Waals surface area contributed by atoms with Crippen LogP contribution in [0.3, 0.4) is 0 Å². The Kier molecular flexibility index (Phi) is 11.7. The van der Waals surface area contributed by atoms with Gasteiger partial charge in [-0.25, -0.2) is 8.78 Å². The summed E-state index contributed by atoms with van der Waals surface area (Å²) >= 11 is 0. The monoisotopic (exact) mass is 712 g/mol. The van der Waals surface area contributed by atoms with Gasteiger partial charge in [0.2, 0.25) is 11.8 Å². The quantitative estimate of drug-likeness (QED) is 0.0854. The third-order valence-corrected chi connectivity index (χ3v) is 10.0. The molecule has 0 radical (unpaired) electrons. The Morgan fingerprint density at radius 3 is 2.16 bits per heavy atom. The molecular weight excluding hydrogens is 673 g/mol. The summed E-state index contributed by atoms with van der Waals surface area (Å²) in [6.07, 6.45) is 2.27. The van der Waals surface area contributed by atoms with Gasteiger partial charge in [-0.3, -0.25) is 24.0 Å². The number of halogens is 2. The van der Waals surface area contributed by atoms with E-state index in [1.165, 1.54) is 49.7 Å². The molecule has 12 nitrogen and oxygen atoms in total. The van der Waals surface area contributed by atoms with Crippen molar-refractivity contribution in [3.8, 4) is 23.0 Å². The maximum absolute atomic E-state index is 15.3. The number of hydrogen-bond acceptors (Lipinski definition) is 10. The molecule has 1 fully saturated rings. The number of carbonyl (C=O) groups excluding carboxylic acids is 2. The van der Waals surface area contributed by atoms with Crippen LogP contribution in [0.5, 0.6) is 23.0 Å². The number of nitrogens with one attached hydrogen (secondary N) is 2. The lowest BCUT2D eigenvalue weighted by atomic mass is 10.0. The molecule has 1 aromatic heterocycles. The number of amides is 2. The number of nitrogens with zero attached hydrogens (tertiary/aromatic N) is 2. The standard InChI is InChI=1S/C35H39F2N4O8P/c1-5-47-50(44,48-6-2)22-41(3)17-18-46-32-21-28-26(20-31(32)45-4)29(13-16-38-28)49-30-12-11-25(19-27(30)37)40-34(43)35(14-15-35)33(42)39-24-9-7-23(36)8-10-24/h7-13,16,19-21H,5-6,14-15,17-18,22H2,1-4H3,(H,39,42)(H,40,43). The summed E-state index contributed by atoms with van der Waals surface area (Å²) < 4.78 is 69.6. The zero-order valence-corrected chi connectivity index (χ0v) is 29.1. The topological polar surface area (TPSA) is 138 Å². The minimum atomic E-state index is -3.25. The lowest BCUT2D eigenvalue weighted by Gasteiger charge is -2.23. The Bertz CT molecular complexity index is 1880. The summed E-state index contributed by atoms with van der Waals surface area (Å²) in [5, 5.41) is 5.79. The smallest absolute Gasteiger partial charge is 0.344 e. The van der Waals surface area contributed by atoms with Gasteiger partial charge in [0.25, 0.3) is 0 Å². The Hall–Kier alpha value is -4.62. The molecular formula is C35H39F2N4O8P. The minimum absolute atomic E-state index is 0.107. The largest absolute Gasteiger partial charge is 0.493 e. The van der Waals surface area contributed by atoms with Crippen LogP contribution in [0.25, 0.3) is 10.9 Å². The Labute approximate surface area is 288 Å². The summed E-state index contributed by atoms with van der Waals surface area (Å²) in [6, 6.07) is 14.1. The van der Waals surface area contributed by atoms with Crippen LogP contribution in [0.15, 0.2) is 66.9 Å². The Morgan fingerprint density at radius 1 is 0.880 bits per heavy atom. The van der Waals surface area contributed by atoms with Crippen LogP contribution in [0.4, 0.5) is 20.2 Å². The van der Waals surface area contributed by atoms with E-state index in [0.29, 0.717) is 53.2 Å². The molecule has 15 heteroatoms. The number of rotatable bonds is 17. The average molecular weight is 713 g/mol. The van der Waals surface area contributed by atoms with E-state index in [2.05, 4.69) is 15.6 Å². The normalized spacial score (nSPS) is 13.6. The number of aromatic nitrogens is 1. The number of ether oxygens (including phenoxy) is 3. The first kappa shape index (κ1) is 36.7.